The van der Waals surface area contributed by atoms with Gasteiger partial charge in [-0.15, -0.1) is 5.69 Å². The van der Waals surface area contributed by atoms with E-state index in [-0.39, 0.29) is 5.91 Å². The van der Waals surface area contributed by atoms with E-state index in [1.165, 1.54) is 0 Å². The van der Waals surface area contributed by atoms with Gasteiger partial charge in [0.15, 0.2) is 0 Å². The predicted molar refractivity (Wildman–Crippen MR) is 56.6 cm³/mol. The van der Waals surface area contributed by atoms with Crippen molar-refractivity contribution in [2.24, 2.45) is 0 Å². The van der Waals surface area contributed by atoms with Crippen LogP contribution in [0.15, 0.2) is 24.3 Å². The van der Waals surface area contributed by atoms with Gasteiger partial charge in [0.05, 0.1) is 0 Å². The minimum Gasteiger partial charge on any atom is -0.699 e. The molecule has 1 aliphatic heterocycles. The van der Waals surface area contributed by atoms with Gasteiger partial charge in [-0.25, -0.2) is 0 Å². The summed E-state index contributed by atoms with van der Waals surface area (Å²) < 4.78 is 0. The standard InChI is InChI=1S/C11H13N2O/c12-9-4-6-10(7-5-9)13-8-2-1-3-11(13)14/h4-7,12H,1-3,8H2/q-1. The van der Waals surface area contributed by atoms with Gasteiger partial charge in [0, 0.05) is 18.7 Å². The molecule has 1 aromatic rings. The van der Waals surface area contributed by atoms with E-state index >= 15 is 0 Å². The van der Waals surface area contributed by atoms with Crippen LogP contribution in [0.4, 0.5) is 11.4 Å². The number of carbonyl (C=O) groups is 1. The van der Waals surface area contributed by atoms with Crippen molar-refractivity contribution in [2.45, 2.75) is 19.3 Å². The topological polar surface area (TPSA) is 44.1 Å². The maximum absolute atomic E-state index is 11.6. The Labute approximate surface area is 83.5 Å². The van der Waals surface area contributed by atoms with E-state index in [9.17, 15) is 4.79 Å². The molecule has 1 fully saturated rings. The van der Waals surface area contributed by atoms with Gasteiger partial charge in [-0.05, 0) is 25.0 Å². The van der Waals surface area contributed by atoms with Crippen molar-refractivity contribution < 1.29 is 4.79 Å². The van der Waals surface area contributed by atoms with E-state index in [2.05, 4.69) is 0 Å². The highest BCUT2D eigenvalue weighted by molar-refractivity contribution is 5.94. The Hall–Kier alpha value is -1.51. The summed E-state index contributed by atoms with van der Waals surface area (Å²) in [6.07, 6.45) is 2.74. The predicted octanol–water partition coefficient (Wildman–Crippen LogP) is 2.89. The van der Waals surface area contributed by atoms with Gasteiger partial charge >= 0.3 is 0 Å². The average molecular weight is 189 g/mol. The molecule has 0 aliphatic carbocycles. The number of benzene rings is 1. The van der Waals surface area contributed by atoms with Crippen LogP contribution >= 0.6 is 0 Å². The minimum absolute atomic E-state index is 0.203. The number of piperidine rings is 1. The van der Waals surface area contributed by atoms with E-state index in [0.29, 0.717) is 12.1 Å². The van der Waals surface area contributed by atoms with Crippen LogP contribution in [0.5, 0.6) is 0 Å². The number of carbonyl (C=O) groups excluding carboxylic acids is 1. The van der Waals surface area contributed by atoms with Crippen molar-refractivity contribution in [1.29, 1.82) is 0 Å². The summed E-state index contributed by atoms with van der Waals surface area (Å²) in [5, 5.41) is 0. The molecule has 0 saturated carbocycles. The van der Waals surface area contributed by atoms with Crippen LogP contribution < -0.4 is 4.90 Å². The molecular formula is C11H13N2O-. The molecule has 3 heteroatoms. The zero-order valence-electron chi connectivity index (χ0n) is 7.99. The molecule has 1 aliphatic rings. The van der Waals surface area contributed by atoms with Crippen molar-refractivity contribution in [3.63, 3.8) is 0 Å². The third-order valence-corrected chi connectivity index (χ3v) is 2.50. The van der Waals surface area contributed by atoms with Gasteiger partial charge in [0.1, 0.15) is 0 Å². The number of amides is 1. The van der Waals surface area contributed by atoms with Crippen molar-refractivity contribution in [1.82, 2.24) is 0 Å². The van der Waals surface area contributed by atoms with Gasteiger partial charge in [0.25, 0.3) is 0 Å². The van der Waals surface area contributed by atoms with Crippen molar-refractivity contribution in [3.8, 4) is 0 Å². The van der Waals surface area contributed by atoms with Gasteiger partial charge in [-0.3, -0.25) is 4.79 Å². The molecule has 1 saturated heterocycles. The molecular weight excluding hydrogens is 176 g/mol. The first-order chi connectivity index (χ1) is 6.77. The number of hydrogen-bond acceptors (Lipinski definition) is 1. The highest BCUT2D eigenvalue weighted by Crippen LogP contribution is 2.22. The lowest BCUT2D eigenvalue weighted by atomic mass is 10.1. The number of nitrogens with zero attached hydrogens (tertiary/aromatic N) is 1. The molecule has 0 spiro atoms. The molecule has 1 amide bonds. The largest absolute Gasteiger partial charge is 0.699 e. The Morgan fingerprint density at radius 3 is 2.50 bits per heavy atom. The van der Waals surface area contributed by atoms with Gasteiger partial charge in [0.2, 0.25) is 5.91 Å². The summed E-state index contributed by atoms with van der Waals surface area (Å²) in [7, 11) is 0. The monoisotopic (exact) mass is 189 g/mol. The second kappa shape index (κ2) is 3.70. The summed E-state index contributed by atoms with van der Waals surface area (Å²) in [6.45, 7) is 0.816. The zero-order valence-corrected chi connectivity index (χ0v) is 7.99. The number of rotatable bonds is 1. The summed E-state index contributed by atoms with van der Waals surface area (Å²) in [4.78, 5) is 13.4. The minimum atomic E-state index is 0.203. The Morgan fingerprint density at radius 2 is 1.86 bits per heavy atom. The Bertz CT molecular complexity index is 332. The molecule has 14 heavy (non-hydrogen) atoms. The average Bonchev–Trinajstić information content (AvgIpc) is 2.20. The van der Waals surface area contributed by atoms with E-state index in [0.717, 1.165) is 25.1 Å². The maximum atomic E-state index is 11.6. The fourth-order valence-electron chi connectivity index (χ4n) is 1.72. The SMILES string of the molecule is [NH-]c1ccc(N2CCCCC2=O)cc1. The summed E-state index contributed by atoms with van der Waals surface area (Å²) in [5.41, 5.74) is 8.76. The first-order valence-corrected chi connectivity index (χ1v) is 4.89. The number of anilines is 1. The van der Waals surface area contributed by atoms with Crippen LogP contribution in [0.25, 0.3) is 5.73 Å². The third-order valence-electron chi connectivity index (χ3n) is 2.50. The van der Waals surface area contributed by atoms with E-state index in [4.69, 9.17) is 5.73 Å². The molecule has 0 atom stereocenters. The van der Waals surface area contributed by atoms with Gasteiger partial charge in [-0.1, -0.05) is 12.1 Å². The number of nitrogens with one attached hydrogen (secondary N) is 1. The first kappa shape index (κ1) is 9.06. The molecule has 0 unspecified atom stereocenters. The molecule has 3 nitrogen and oxygen atoms in total. The molecule has 0 aromatic heterocycles. The Kier molecular flexibility index (Phi) is 2.39. The van der Waals surface area contributed by atoms with Crippen LogP contribution in [-0.2, 0) is 4.79 Å². The van der Waals surface area contributed by atoms with Crippen molar-refractivity contribution in [2.75, 3.05) is 11.4 Å². The van der Waals surface area contributed by atoms with Gasteiger partial charge in [-0.2, -0.15) is 0 Å². The lowest BCUT2D eigenvalue weighted by Gasteiger charge is -2.27. The normalized spacial score (nSPS) is 17.1. The molecule has 74 valence electrons. The Balaban J connectivity index is 2.20. The van der Waals surface area contributed by atoms with E-state index < -0.39 is 0 Å². The summed E-state index contributed by atoms with van der Waals surface area (Å²) in [5.74, 6) is 0.203. The molecule has 1 N–H and O–H groups in total. The van der Waals surface area contributed by atoms with Crippen molar-refractivity contribution in [3.05, 3.63) is 30.0 Å². The second-order valence-corrected chi connectivity index (χ2v) is 3.55. The fraction of sp³-hybridized carbons (Fsp3) is 0.364. The van der Waals surface area contributed by atoms with Gasteiger partial charge < -0.3 is 10.6 Å². The molecule has 1 aromatic carbocycles. The lowest BCUT2D eigenvalue weighted by Crippen LogP contribution is -2.35. The van der Waals surface area contributed by atoms with E-state index in [1.807, 2.05) is 17.0 Å². The summed E-state index contributed by atoms with van der Waals surface area (Å²) >= 11 is 0. The number of hydrogen-bond donors (Lipinski definition) is 0. The quantitative estimate of drug-likeness (QED) is 0.669. The van der Waals surface area contributed by atoms with Crippen LogP contribution in [-0.4, -0.2) is 12.5 Å². The molecule has 0 radical (unpaired) electrons. The Morgan fingerprint density at radius 1 is 1.14 bits per heavy atom. The third kappa shape index (κ3) is 1.71. The van der Waals surface area contributed by atoms with Crippen LogP contribution in [0.3, 0.4) is 0 Å². The zero-order chi connectivity index (χ0) is 9.97. The highest BCUT2D eigenvalue weighted by atomic mass is 16.2. The van der Waals surface area contributed by atoms with Crippen LogP contribution in [0.1, 0.15) is 19.3 Å². The fourth-order valence-corrected chi connectivity index (χ4v) is 1.72. The van der Waals surface area contributed by atoms with Crippen molar-refractivity contribution >= 4 is 17.3 Å². The lowest BCUT2D eigenvalue weighted by molar-refractivity contribution is -0.119. The summed E-state index contributed by atoms with van der Waals surface area (Å²) in [6, 6.07) is 7.12. The molecule has 1 heterocycles. The smallest absolute Gasteiger partial charge is 0.226 e. The first-order valence-electron chi connectivity index (χ1n) is 4.89. The van der Waals surface area contributed by atoms with E-state index in [1.54, 1.807) is 12.1 Å². The molecule has 2 rings (SSSR count). The molecule has 0 bridgehead atoms. The second-order valence-electron chi connectivity index (χ2n) is 3.55. The van der Waals surface area contributed by atoms with Crippen LogP contribution in [0.2, 0.25) is 0 Å². The highest BCUT2D eigenvalue weighted by Gasteiger charge is 2.18. The maximum Gasteiger partial charge on any atom is 0.226 e. The van der Waals surface area contributed by atoms with Crippen LogP contribution in [0, 0.1) is 0 Å².